The van der Waals surface area contributed by atoms with E-state index < -0.39 is 17.6 Å². The third-order valence-corrected chi connectivity index (χ3v) is 4.20. The van der Waals surface area contributed by atoms with Gasteiger partial charge >= 0.3 is 5.97 Å². The number of pyridine rings is 1. The number of nitrogens with zero attached hydrogens (tertiary/aromatic N) is 4. The molecule has 1 atom stereocenters. The molecule has 0 radical (unpaired) electrons. The Labute approximate surface area is 141 Å². The number of benzene rings is 1. The summed E-state index contributed by atoms with van der Waals surface area (Å²) in [6.07, 6.45) is 4.79. The maximum absolute atomic E-state index is 12.8. The Kier molecular flexibility index (Phi) is 3.53. The van der Waals surface area contributed by atoms with Crippen molar-refractivity contribution in [3.05, 3.63) is 77.0 Å². The van der Waals surface area contributed by atoms with Gasteiger partial charge in [0.2, 0.25) is 0 Å². The van der Waals surface area contributed by atoms with Crippen molar-refractivity contribution in [2.45, 2.75) is 12.5 Å². The summed E-state index contributed by atoms with van der Waals surface area (Å²) < 4.78 is 2.81. The Morgan fingerprint density at radius 2 is 1.96 bits per heavy atom. The standard InChI is InChI=1S/C18H14N4O3/c23-17-13-11-19-16-6-8-20-22(16)14(13)7-9-21(17)15(18(24)25)10-12-4-2-1-3-5-12/h1-9,11,15H,10H2,(H,24,25). The Hall–Kier alpha value is -3.48. The van der Waals surface area contributed by atoms with Crippen LogP contribution < -0.4 is 5.56 Å². The summed E-state index contributed by atoms with van der Waals surface area (Å²) in [7, 11) is 0. The number of fused-ring (bicyclic) bond motifs is 3. The monoisotopic (exact) mass is 334 g/mol. The van der Waals surface area contributed by atoms with E-state index in [1.54, 1.807) is 22.8 Å². The molecule has 0 saturated heterocycles. The summed E-state index contributed by atoms with van der Waals surface area (Å²) in [5.41, 5.74) is 1.68. The molecule has 0 bridgehead atoms. The molecule has 25 heavy (non-hydrogen) atoms. The number of hydrogen-bond acceptors (Lipinski definition) is 4. The molecular formula is C18H14N4O3. The van der Waals surface area contributed by atoms with E-state index in [1.807, 2.05) is 30.3 Å². The average Bonchev–Trinajstić information content (AvgIpc) is 3.10. The highest BCUT2D eigenvalue weighted by molar-refractivity contribution is 5.80. The number of carboxylic acids is 1. The zero-order chi connectivity index (χ0) is 17.4. The second kappa shape index (κ2) is 5.86. The van der Waals surface area contributed by atoms with Crippen molar-refractivity contribution in [3.63, 3.8) is 0 Å². The molecule has 7 heteroatoms. The van der Waals surface area contributed by atoms with Crippen LogP contribution in [0, 0.1) is 0 Å². The molecule has 4 aromatic rings. The van der Waals surface area contributed by atoms with E-state index in [1.165, 1.54) is 17.0 Å². The maximum Gasteiger partial charge on any atom is 0.327 e. The normalized spacial score (nSPS) is 12.5. The van der Waals surface area contributed by atoms with E-state index in [2.05, 4.69) is 10.1 Å². The summed E-state index contributed by atoms with van der Waals surface area (Å²) in [5, 5.41) is 14.1. The van der Waals surface area contributed by atoms with Crippen LogP contribution in [0.5, 0.6) is 0 Å². The van der Waals surface area contributed by atoms with Gasteiger partial charge < -0.3 is 9.67 Å². The van der Waals surface area contributed by atoms with Gasteiger partial charge in [0, 0.05) is 24.9 Å². The number of hydrogen-bond donors (Lipinski definition) is 1. The first-order chi connectivity index (χ1) is 12.1. The zero-order valence-corrected chi connectivity index (χ0v) is 13.1. The molecule has 124 valence electrons. The molecule has 7 nitrogen and oxygen atoms in total. The lowest BCUT2D eigenvalue weighted by Crippen LogP contribution is -2.31. The highest BCUT2D eigenvalue weighted by Gasteiger charge is 2.22. The van der Waals surface area contributed by atoms with Crippen LogP contribution in [0.25, 0.3) is 16.6 Å². The molecule has 0 fully saturated rings. The van der Waals surface area contributed by atoms with Gasteiger partial charge in [0.25, 0.3) is 5.56 Å². The van der Waals surface area contributed by atoms with Crippen LogP contribution in [0.15, 0.2) is 65.8 Å². The lowest BCUT2D eigenvalue weighted by molar-refractivity contribution is -0.141. The molecule has 0 aliphatic carbocycles. The lowest BCUT2D eigenvalue weighted by atomic mass is 10.1. The fraction of sp³-hybridized carbons (Fsp3) is 0.111. The molecule has 1 unspecified atom stereocenters. The van der Waals surface area contributed by atoms with Crippen LogP contribution in [-0.2, 0) is 11.2 Å². The first-order valence-electron chi connectivity index (χ1n) is 7.75. The average molecular weight is 334 g/mol. The minimum absolute atomic E-state index is 0.221. The van der Waals surface area contributed by atoms with Crippen LogP contribution >= 0.6 is 0 Å². The smallest absolute Gasteiger partial charge is 0.327 e. The second-order valence-electron chi connectivity index (χ2n) is 5.73. The van der Waals surface area contributed by atoms with Crippen molar-refractivity contribution in [2.24, 2.45) is 0 Å². The number of carboxylic acid groups (broad SMARTS) is 1. The number of rotatable bonds is 4. The van der Waals surface area contributed by atoms with Gasteiger partial charge in [-0.2, -0.15) is 5.10 Å². The van der Waals surface area contributed by atoms with Crippen molar-refractivity contribution in [1.82, 2.24) is 19.2 Å². The fourth-order valence-electron chi connectivity index (χ4n) is 2.96. The van der Waals surface area contributed by atoms with Gasteiger partial charge in [-0.3, -0.25) is 4.79 Å². The van der Waals surface area contributed by atoms with Gasteiger partial charge in [0.05, 0.1) is 17.1 Å². The van der Waals surface area contributed by atoms with E-state index in [9.17, 15) is 14.7 Å². The van der Waals surface area contributed by atoms with Gasteiger partial charge in [0.1, 0.15) is 6.04 Å². The van der Waals surface area contributed by atoms with Gasteiger partial charge in [-0.15, -0.1) is 0 Å². The van der Waals surface area contributed by atoms with Crippen LogP contribution in [0.3, 0.4) is 0 Å². The number of aliphatic carboxylic acids is 1. The van der Waals surface area contributed by atoms with Crippen molar-refractivity contribution in [2.75, 3.05) is 0 Å². The minimum atomic E-state index is -1.06. The summed E-state index contributed by atoms with van der Waals surface area (Å²) in [6.45, 7) is 0. The third-order valence-electron chi connectivity index (χ3n) is 4.20. The Bertz CT molecular complexity index is 1130. The highest BCUT2D eigenvalue weighted by atomic mass is 16.4. The Morgan fingerprint density at radius 1 is 1.16 bits per heavy atom. The van der Waals surface area contributed by atoms with Crippen molar-refractivity contribution < 1.29 is 9.90 Å². The van der Waals surface area contributed by atoms with Crippen LogP contribution in [0.2, 0.25) is 0 Å². The molecule has 0 saturated carbocycles. The maximum atomic E-state index is 12.8. The predicted molar refractivity (Wildman–Crippen MR) is 91.6 cm³/mol. The Morgan fingerprint density at radius 3 is 2.72 bits per heavy atom. The fourth-order valence-corrected chi connectivity index (χ4v) is 2.96. The second-order valence-corrected chi connectivity index (χ2v) is 5.73. The van der Waals surface area contributed by atoms with E-state index in [0.717, 1.165) is 5.56 Å². The van der Waals surface area contributed by atoms with E-state index >= 15 is 0 Å². The molecule has 1 N–H and O–H groups in total. The summed E-state index contributed by atoms with van der Waals surface area (Å²) in [4.78, 5) is 28.8. The van der Waals surface area contributed by atoms with E-state index in [-0.39, 0.29) is 6.42 Å². The predicted octanol–water partition coefficient (Wildman–Crippen LogP) is 1.91. The quantitative estimate of drug-likeness (QED) is 0.616. The number of carbonyl (C=O) groups is 1. The van der Waals surface area contributed by atoms with Crippen LogP contribution in [0.4, 0.5) is 0 Å². The molecule has 3 aromatic heterocycles. The van der Waals surface area contributed by atoms with Crippen LogP contribution in [-0.4, -0.2) is 30.2 Å². The Balaban J connectivity index is 1.86. The van der Waals surface area contributed by atoms with Gasteiger partial charge in [-0.05, 0) is 11.6 Å². The lowest BCUT2D eigenvalue weighted by Gasteiger charge is -2.16. The summed E-state index contributed by atoms with van der Waals surface area (Å²) in [6, 6.07) is 11.7. The van der Waals surface area contributed by atoms with E-state index in [4.69, 9.17) is 0 Å². The van der Waals surface area contributed by atoms with Gasteiger partial charge in [-0.1, -0.05) is 30.3 Å². The molecule has 0 aliphatic rings. The van der Waals surface area contributed by atoms with E-state index in [0.29, 0.717) is 16.6 Å². The van der Waals surface area contributed by atoms with Crippen LogP contribution in [0.1, 0.15) is 11.6 Å². The highest BCUT2D eigenvalue weighted by Crippen LogP contribution is 2.16. The largest absolute Gasteiger partial charge is 0.480 e. The van der Waals surface area contributed by atoms with Gasteiger partial charge in [0.15, 0.2) is 5.65 Å². The zero-order valence-electron chi connectivity index (χ0n) is 13.1. The molecule has 4 rings (SSSR count). The molecular weight excluding hydrogens is 320 g/mol. The summed E-state index contributed by atoms with van der Waals surface area (Å²) >= 11 is 0. The molecule has 0 aliphatic heterocycles. The molecule has 0 spiro atoms. The molecule has 3 heterocycles. The van der Waals surface area contributed by atoms with Gasteiger partial charge in [-0.25, -0.2) is 14.3 Å². The minimum Gasteiger partial charge on any atom is -0.480 e. The number of aromatic nitrogens is 4. The van der Waals surface area contributed by atoms with Crippen molar-refractivity contribution >= 4 is 22.5 Å². The van der Waals surface area contributed by atoms with Crippen molar-refractivity contribution in [3.8, 4) is 0 Å². The van der Waals surface area contributed by atoms with Crippen molar-refractivity contribution in [1.29, 1.82) is 0 Å². The topological polar surface area (TPSA) is 89.5 Å². The first kappa shape index (κ1) is 15.1. The third kappa shape index (κ3) is 2.55. The first-order valence-corrected chi connectivity index (χ1v) is 7.75. The molecule has 1 aromatic carbocycles. The molecule has 0 amide bonds. The SMILES string of the molecule is O=C(O)C(Cc1ccccc1)n1ccc2c(cnc3ccnn32)c1=O. The summed E-state index contributed by atoms with van der Waals surface area (Å²) in [5.74, 6) is -1.06.